The Morgan fingerprint density at radius 2 is 2.24 bits per heavy atom. The van der Waals surface area contributed by atoms with Crippen LogP contribution in [0.3, 0.4) is 0 Å². The van der Waals surface area contributed by atoms with E-state index >= 15 is 0 Å². The minimum absolute atomic E-state index is 0.555. The summed E-state index contributed by atoms with van der Waals surface area (Å²) in [6, 6.07) is 1.82. The van der Waals surface area contributed by atoms with Crippen molar-refractivity contribution in [2.75, 3.05) is 5.32 Å². The maximum absolute atomic E-state index is 5.54. The summed E-state index contributed by atoms with van der Waals surface area (Å²) in [5.74, 6) is 1.49. The van der Waals surface area contributed by atoms with E-state index in [1.807, 2.05) is 0 Å². The smallest absolute Gasteiger partial charge is 0.315 e. The van der Waals surface area contributed by atoms with Crippen LogP contribution in [0, 0.1) is 5.92 Å². The Morgan fingerprint density at radius 1 is 1.35 bits per heavy atom. The van der Waals surface area contributed by atoms with Crippen LogP contribution in [0.1, 0.15) is 44.9 Å². The average Bonchev–Trinajstić information content (AvgIpc) is 3.21. The number of aromatic nitrogens is 2. The maximum atomic E-state index is 5.54. The Hall–Kier alpha value is -1.10. The van der Waals surface area contributed by atoms with E-state index in [2.05, 4.69) is 27.8 Å². The molecule has 2 N–H and O–H groups in total. The SMILES string of the molecule is CCCC1CC1Nc1nnc(CNC2CC2)o1. The van der Waals surface area contributed by atoms with E-state index < -0.39 is 0 Å². The van der Waals surface area contributed by atoms with Gasteiger partial charge in [0.05, 0.1) is 6.54 Å². The fraction of sp³-hybridized carbons (Fsp3) is 0.833. The molecule has 5 nitrogen and oxygen atoms in total. The molecular formula is C12H20N4O. The largest absolute Gasteiger partial charge is 0.407 e. The van der Waals surface area contributed by atoms with Gasteiger partial charge in [0.15, 0.2) is 0 Å². The number of hydrogen-bond donors (Lipinski definition) is 2. The highest BCUT2D eigenvalue weighted by Gasteiger charge is 2.37. The predicted octanol–water partition coefficient (Wildman–Crippen LogP) is 1.92. The lowest BCUT2D eigenvalue weighted by Gasteiger charge is -1.99. The number of rotatable bonds is 7. The third-order valence-electron chi connectivity index (χ3n) is 3.48. The van der Waals surface area contributed by atoms with Crippen molar-refractivity contribution in [3.8, 4) is 0 Å². The third-order valence-corrected chi connectivity index (χ3v) is 3.48. The van der Waals surface area contributed by atoms with Crippen molar-refractivity contribution in [1.29, 1.82) is 0 Å². The normalized spacial score (nSPS) is 27.1. The van der Waals surface area contributed by atoms with Crippen LogP contribution in [0.15, 0.2) is 4.42 Å². The molecule has 0 saturated heterocycles. The van der Waals surface area contributed by atoms with Gasteiger partial charge in [0.2, 0.25) is 5.89 Å². The van der Waals surface area contributed by atoms with Gasteiger partial charge in [0.1, 0.15) is 0 Å². The average molecular weight is 236 g/mol. The van der Waals surface area contributed by atoms with Gasteiger partial charge in [-0.1, -0.05) is 18.4 Å². The first kappa shape index (κ1) is 11.0. The first-order chi connectivity index (χ1) is 8.35. The molecule has 17 heavy (non-hydrogen) atoms. The standard InChI is InChI=1S/C12H20N4O/c1-2-3-8-6-10(8)14-12-16-15-11(17-12)7-13-9-4-5-9/h8-10,13H,2-7H2,1H3,(H,14,16). The van der Waals surface area contributed by atoms with Gasteiger partial charge < -0.3 is 15.1 Å². The summed E-state index contributed by atoms with van der Waals surface area (Å²) in [6.07, 6.45) is 6.34. The topological polar surface area (TPSA) is 63.0 Å². The van der Waals surface area contributed by atoms with E-state index in [1.54, 1.807) is 0 Å². The Morgan fingerprint density at radius 3 is 3.00 bits per heavy atom. The molecule has 3 rings (SSSR count). The van der Waals surface area contributed by atoms with Gasteiger partial charge in [0, 0.05) is 12.1 Å². The molecule has 2 fully saturated rings. The predicted molar refractivity (Wildman–Crippen MR) is 64.6 cm³/mol. The Balaban J connectivity index is 1.44. The summed E-state index contributed by atoms with van der Waals surface area (Å²) in [4.78, 5) is 0. The summed E-state index contributed by atoms with van der Waals surface area (Å²) >= 11 is 0. The molecular weight excluding hydrogens is 216 g/mol. The van der Waals surface area contributed by atoms with E-state index in [-0.39, 0.29) is 0 Å². The Labute approximate surface area is 101 Å². The molecule has 0 aromatic carbocycles. The Kier molecular flexibility index (Phi) is 3.01. The van der Waals surface area contributed by atoms with Crippen molar-refractivity contribution in [2.45, 2.75) is 57.7 Å². The van der Waals surface area contributed by atoms with Crippen LogP contribution < -0.4 is 10.6 Å². The summed E-state index contributed by atoms with van der Waals surface area (Å²) in [7, 11) is 0. The molecule has 0 spiro atoms. The van der Waals surface area contributed by atoms with Crippen molar-refractivity contribution in [2.24, 2.45) is 5.92 Å². The Bertz CT molecular complexity index is 374. The molecule has 0 radical (unpaired) electrons. The fourth-order valence-corrected chi connectivity index (χ4v) is 2.18. The molecule has 0 amide bonds. The minimum atomic E-state index is 0.555. The van der Waals surface area contributed by atoms with E-state index in [4.69, 9.17) is 4.42 Å². The van der Waals surface area contributed by atoms with Gasteiger partial charge in [0.25, 0.3) is 0 Å². The molecule has 0 aliphatic heterocycles. The number of hydrogen-bond acceptors (Lipinski definition) is 5. The first-order valence-corrected chi connectivity index (χ1v) is 6.67. The zero-order chi connectivity index (χ0) is 11.7. The van der Waals surface area contributed by atoms with E-state index in [0.717, 1.165) is 5.92 Å². The van der Waals surface area contributed by atoms with Gasteiger partial charge in [-0.05, 0) is 31.6 Å². The van der Waals surface area contributed by atoms with Gasteiger partial charge in [-0.3, -0.25) is 0 Å². The molecule has 2 unspecified atom stereocenters. The summed E-state index contributed by atoms with van der Waals surface area (Å²) in [5.41, 5.74) is 0. The first-order valence-electron chi connectivity index (χ1n) is 6.67. The van der Waals surface area contributed by atoms with Gasteiger partial charge >= 0.3 is 6.01 Å². The number of nitrogens with one attached hydrogen (secondary N) is 2. The summed E-state index contributed by atoms with van der Waals surface area (Å²) < 4.78 is 5.54. The van der Waals surface area contributed by atoms with Crippen LogP contribution in [-0.2, 0) is 6.54 Å². The van der Waals surface area contributed by atoms with E-state index in [9.17, 15) is 0 Å². The number of anilines is 1. The van der Waals surface area contributed by atoms with Crippen molar-refractivity contribution in [3.05, 3.63) is 5.89 Å². The monoisotopic (exact) mass is 236 g/mol. The molecule has 2 atom stereocenters. The quantitative estimate of drug-likeness (QED) is 0.757. The van der Waals surface area contributed by atoms with Crippen molar-refractivity contribution in [1.82, 2.24) is 15.5 Å². The zero-order valence-corrected chi connectivity index (χ0v) is 10.3. The highest BCUT2D eigenvalue weighted by atomic mass is 16.4. The molecule has 1 aromatic heterocycles. The van der Waals surface area contributed by atoms with Gasteiger partial charge in [-0.15, -0.1) is 5.10 Å². The van der Waals surface area contributed by atoms with Crippen molar-refractivity contribution in [3.63, 3.8) is 0 Å². The molecule has 0 bridgehead atoms. The minimum Gasteiger partial charge on any atom is -0.407 e. The van der Waals surface area contributed by atoms with E-state index in [1.165, 1.54) is 32.1 Å². The maximum Gasteiger partial charge on any atom is 0.315 e. The van der Waals surface area contributed by atoms with Crippen LogP contribution in [0.25, 0.3) is 0 Å². The molecule has 94 valence electrons. The molecule has 1 aromatic rings. The lowest BCUT2D eigenvalue weighted by atomic mass is 10.2. The molecule has 1 heterocycles. The van der Waals surface area contributed by atoms with Crippen LogP contribution in [0.2, 0.25) is 0 Å². The molecule has 2 saturated carbocycles. The molecule has 2 aliphatic rings. The van der Waals surface area contributed by atoms with Gasteiger partial charge in [-0.2, -0.15) is 0 Å². The summed E-state index contributed by atoms with van der Waals surface area (Å²) in [5, 5.41) is 14.7. The van der Waals surface area contributed by atoms with Crippen LogP contribution in [-0.4, -0.2) is 22.3 Å². The van der Waals surface area contributed by atoms with Crippen LogP contribution in [0.4, 0.5) is 6.01 Å². The molecule has 2 aliphatic carbocycles. The second-order valence-corrected chi connectivity index (χ2v) is 5.19. The lowest BCUT2D eigenvalue weighted by Crippen LogP contribution is -2.15. The number of nitrogens with zero attached hydrogens (tertiary/aromatic N) is 2. The van der Waals surface area contributed by atoms with E-state index in [0.29, 0.717) is 30.5 Å². The second kappa shape index (κ2) is 4.64. The third kappa shape index (κ3) is 2.97. The highest BCUT2D eigenvalue weighted by Crippen LogP contribution is 2.36. The molecule has 5 heteroatoms. The second-order valence-electron chi connectivity index (χ2n) is 5.19. The van der Waals surface area contributed by atoms with Crippen molar-refractivity contribution >= 4 is 6.01 Å². The van der Waals surface area contributed by atoms with Crippen LogP contribution in [0.5, 0.6) is 0 Å². The fourth-order valence-electron chi connectivity index (χ4n) is 2.18. The summed E-state index contributed by atoms with van der Waals surface area (Å²) in [6.45, 7) is 2.92. The zero-order valence-electron chi connectivity index (χ0n) is 10.3. The highest BCUT2D eigenvalue weighted by molar-refractivity contribution is 5.24. The lowest BCUT2D eigenvalue weighted by molar-refractivity contribution is 0.474. The van der Waals surface area contributed by atoms with Gasteiger partial charge in [-0.25, -0.2) is 0 Å². The van der Waals surface area contributed by atoms with Crippen molar-refractivity contribution < 1.29 is 4.42 Å². The van der Waals surface area contributed by atoms with Crippen LogP contribution >= 0.6 is 0 Å².